The van der Waals surface area contributed by atoms with Crippen LogP contribution in [0.2, 0.25) is 0 Å². The normalized spacial score (nSPS) is 10.8. The standard InChI is InChI=1S/C15H20N2O2/c1-3-7-16-10-12-4-5-13-6-8-17(14(13)9-12)11-15(18)19-2/h4-6,8-9,16H,3,7,10-11H2,1-2H3. The van der Waals surface area contributed by atoms with Gasteiger partial charge < -0.3 is 14.6 Å². The first kappa shape index (κ1) is 13.6. The van der Waals surface area contributed by atoms with E-state index in [-0.39, 0.29) is 12.5 Å². The lowest BCUT2D eigenvalue weighted by atomic mass is 10.1. The molecule has 0 saturated carbocycles. The number of fused-ring (bicyclic) bond motifs is 1. The zero-order valence-corrected chi connectivity index (χ0v) is 11.5. The van der Waals surface area contributed by atoms with E-state index in [2.05, 4.69) is 30.4 Å². The molecule has 0 aliphatic heterocycles. The monoisotopic (exact) mass is 260 g/mol. The maximum absolute atomic E-state index is 11.4. The highest BCUT2D eigenvalue weighted by Crippen LogP contribution is 2.18. The average molecular weight is 260 g/mol. The fraction of sp³-hybridized carbons (Fsp3) is 0.400. The molecule has 1 N–H and O–H groups in total. The summed E-state index contributed by atoms with van der Waals surface area (Å²) in [6, 6.07) is 8.35. The molecule has 0 atom stereocenters. The lowest BCUT2D eigenvalue weighted by Gasteiger charge is -2.07. The Morgan fingerprint density at radius 1 is 1.37 bits per heavy atom. The summed E-state index contributed by atoms with van der Waals surface area (Å²) in [5.41, 5.74) is 2.30. The van der Waals surface area contributed by atoms with E-state index < -0.39 is 0 Å². The van der Waals surface area contributed by atoms with Crippen molar-refractivity contribution < 1.29 is 9.53 Å². The van der Waals surface area contributed by atoms with Gasteiger partial charge >= 0.3 is 5.97 Å². The number of nitrogens with zero attached hydrogens (tertiary/aromatic N) is 1. The Kier molecular flexibility index (Phi) is 4.58. The second-order valence-corrected chi connectivity index (χ2v) is 4.59. The first-order valence-electron chi connectivity index (χ1n) is 6.60. The van der Waals surface area contributed by atoms with Gasteiger partial charge in [0.05, 0.1) is 7.11 Å². The number of methoxy groups -OCH3 is 1. The van der Waals surface area contributed by atoms with Gasteiger partial charge in [-0.15, -0.1) is 0 Å². The first-order chi connectivity index (χ1) is 9.24. The van der Waals surface area contributed by atoms with E-state index in [0.717, 1.165) is 30.4 Å². The Labute approximate surface area is 113 Å². The molecule has 1 aromatic carbocycles. The summed E-state index contributed by atoms with van der Waals surface area (Å²) < 4.78 is 6.63. The van der Waals surface area contributed by atoms with Crippen LogP contribution >= 0.6 is 0 Å². The van der Waals surface area contributed by atoms with E-state index in [4.69, 9.17) is 4.74 Å². The highest BCUT2D eigenvalue weighted by atomic mass is 16.5. The summed E-state index contributed by atoms with van der Waals surface area (Å²) >= 11 is 0. The van der Waals surface area contributed by atoms with Crippen molar-refractivity contribution in [3.05, 3.63) is 36.0 Å². The van der Waals surface area contributed by atoms with Crippen LogP contribution in [0.4, 0.5) is 0 Å². The lowest BCUT2D eigenvalue weighted by Crippen LogP contribution is -2.14. The number of carbonyl (C=O) groups is 1. The summed E-state index contributed by atoms with van der Waals surface area (Å²) in [6.45, 7) is 4.28. The van der Waals surface area contributed by atoms with Crippen molar-refractivity contribution in [2.45, 2.75) is 26.4 Å². The van der Waals surface area contributed by atoms with E-state index in [1.165, 1.54) is 12.7 Å². The van der Waals surface area contributed by atoms with Gasteiger partial charge in [0.2, 0.25) is 0 Å². The minimum atomic E-state index is -0.230. The molecular weight excluding hydrogens is 240 g/mol. The fourth-order valence-electron chi connectivity index (χ4n) is 2.09. The second-order valence-electron chi connectivity index (χ2n) is 4.59. The Bertz CT molecular complexity index is 560. The van der Waals surface area contributed by atoms with Crippen molar-refractivity contribution in [1.29, 1.82) is 0 Å². The Morgan fingerprint density at radius 2 is 2.21 bits per heavy atom. The van der Waals surface area contributed by atoms with Gasteiger partial charge in [0.25, 0.3) is 0 Å². The van der Waals surface area contributed by atoms with Gasteiger partial charge in [-0.25, -0.2) is 0 Å². The third-order valence-electron chi connectivity index (χ3n) is 3.12. The van der Waals surface area contributed by atoms with Crippen molar-refractivity contribution >= 4 is 16.9 Å². The van der Waals surface area contributed by atoms with Crippen LogP contribution in [0.1, 0.15) is 18.9 Å². The number of aromatic nitrogens is 1. The molecule has 1 heterocycles. The van der Waals surface area contributed by atoms with Crippen molar-refractivity contribution in [3.63, 3.8) is 0 Å². The molecule has 2 rings (SSSR count). The Morgan fingerprint density at radius 3 is 2.95 bits per heavy atom. The van der Waals surface area contributed by atoms with Crippen molar-refractivity contribution in [2.75, 3.05) is 13.7 Å². The molecule has 0 aliphatic carbocycles. The highest BCUT2D eigenvalue weighted by Gasteiger charge is 2.06. The van der Waals surface area contributed by atoms with Gasteiger partial charge in [-0.05, 0) is 36.0 Å². The zero-order chi connectivity index (χ0) is 13.7. The van der Waals surface area contributed by atoms with E-state index in [1.807, 2.05) is 16.8 Å². The fourth-order valence-corrected chi connectivity index (χ4v) is 2.09. The lowest BCUT2D eigenvalue weighted by molar-refractivity contribution is -0.141. The van der Waals surface area contributed by atoms with E-state index in [0.29, 0.717) is 0 Å². The minimum absolute atomic E-state index is 0.230. The third kappa shape index (κ3) is 3.35. The number of hydrogen-bond acceptors (Lipinski definition) is 3. The van der Waals surface area contributed by atoms with E-state index in [1.54, 1.807) is 0 Å². The number of carbonyl (C=O) groups excluding carboxylic acids is 1. The zero-order valence-electron chi connectivity index (χ0n) is 11.5. The Hall–Kier alpha value is -1.81. The van der Waals surface area contributed by atoms with Gasteiger partial charge in [-0.1, -0.05) is 19.1 Å². The third-order valence-corrected chi connectivity index (χ3v) is 3.12. The van der Waals surface area contributed by atoms with Crippen LogP contribution in [0.3, 0.4) is 0 Å². The summed E-state index contributed by atoms with van der Waals surface area (Å²) in [7, 11) is 1.41. The van der Waals surface area contributed by atoms with Gasteiger partial charge in [-0.3, -0.25) is 4.79 Å². The molecule has 0 spiro atoms. The summed E-state index contributed by atoms with van der Waals surface area (Å²) in [5, 5.41) is 4.52. The van der Waals surface area contributed by atoms with Crippen molar-refractivity contribution in [1.82, 2.24) is 9.88 Å². The maximum Gasteiger partial charge on any atom is 0.325 e. The quantitative estimate of drug-likeness (QED) is 0.640. The molecule has 0 unspecified atom stereocenters. The van der Waals surface area contributed by atoms with Gasteiger partial charge in [0.15, 0.2) is 0 Å². The number of ether oxygens (including phenoxy) is 1. The molecule has 4 heteroatoms. The molecule has 0 fully saturated rings. The first-order valence-corrected chi connectivity index (χ1v) is 6.60. The molecule has 19 heavy (non-hydrogen) atoms. The highest BCUT2D eigenvalue weighted by molar-refractivity contribution is 5.82. The molecule has 0 amide bonds. The summed E-state index contributed by atoms with van der Waals surface area (Å²) in [5.74, 6) is -0.230. The molecule has 0 aliphatic rings. The van der Waals surface area contributed by atoms with Crippen molar-refractivity contribution in [3.8, 4) is 0 Å². The van der Waals surface area contributed by atoms with Crippen LogP contribution in [0.5, 0.6) is 0 Å². The molecule has 4 nitrogen and oxygen atoms in total. The molecule has 0 bridgehead atoms. The number of rotatable bonds is 6. The number of benzene rings is 1. The largest absolute Gasteiger partial charge is 0.468 e. The molecular formula is C15H20N2O2. The molecule has 0 saturated heterocycles. The smallest absolute Gasteiger partial charge is 0.325 e. The molecule has 2 aromatic rings. The molecule has 102 valence electrons. The van der Waals surface area contributed by atoms with Crippen molar-refractivity contribution in [2.24, 2.45) is 0 Å². The Balaban J connectivity index is 2.19. The molecule has 1 aromatic heterocycles. The number of hydrogen-bond donors (Lipinski definition) is 1. The van der Waals surface area contributed by atoms with Crippen LogP contribution < -0.4 is 5.32 Å². The van der Waals surface area contributed by atoms with Crippen LogP contribution in [0, 0.1) is 0 Å². The second kappa shape index (κ2) is 6.38. The van der Waals surface area contributed by atoms with E-state index >= 15 is 0 Å². The molecule has 0 radical (unpaired) electrons. The minimum Gasteiger partial charge on any atom is -0.468 e. The van der Waals surface area contributed by atoms with Gasteiger partial charge in [0, 0.05) is 18.3 Å². The summed E-state index contributed by atoms with van der Waals surface area (Å²) in [6.07, 6.45) is 3.05. The predicted octanol–water partition coefficient (Wildman–Crippen LogP) is 2.31. The summed E-state index contributed by atoms with van der Waals surface area (Å²) in [4.78, 5) is 11.4. The average Bonchev–Trinajstić information content (AvgIpc) is 2.82. The number of esters is 1. The maximum atomic E-state index is 11.4. The van der Waals surface area contributed by atoms with Crippen LogP contribution in [0.25, 0.3) is 10.9 Å². The van der Waals surface area contributed by atoms with E-state index in [9.17, 15) is 4.79 Å². The SMILES string of the molecule is CCCNCc1ccc2ccn(CC(=O)OC)c2c1. The predicted molar refractivity (Wildman–Crippen MR) is 76.0 cm³/mol. The van der Waals surface area contributed by atoms with Gasteiger partial charge in [0.1, 0.15) is 6.54 Å². The number of nitrogens with one attached hydrogen (secondary N) is 1. The van der Waals surface area contributed by atoms with Crippen LogP contribution in [-0.4, -0.2) is 24.2 Å². The van der Waals surface area contributed by atoms with Crippen LogP contribution in [0.15, 0.2) is 30.5 Å². The van der Waals surface area contributed by atoms with Gasteiger partial charge in [-0.2, -0.15) is 0 Å². The topological polar surface area (TPSA) is 43.3 Å². The van der Waals surface area contributed by atoms with Crippen LogP contribution in [-0.2, 0) is 22.6 Å².